The van der Waals surface area contributed by atoms with Gasteiger partial charge in [-0.2, -0.15) is 0 Å². The van der Waals surface area contributed by atoms with E-state index < -0.39 is 6.29 Å². The van der Waals surface area contributed by atoms with E-state index in [1.54, 1.807) is 7.11 Å². The number of methoxy groups -OCH3 is 1. The van der Waals surface area contributed by atoms with Crippen LogP contribution in [0.15, 0.2) is 11.6 Å². The van der Waals surface area contributed by atoms with Crippen molar-refractivity contribution in [2.75, 3.05) is 7.11 Å². The SMILES string of the molecule is CO[C@@H]1O[C@@H]2/C=C(\C)CC[C@H]3O[C@@]3(C)C[C@@H]3OC(=O)[C@H]1[C@@H]32. The highest BCUT2D eigenvalue weighted by Crippen LogP contribution is 2.51. The zero-order valence-corrected chi connectivity index (χ0v) is 12.7. The van der Waals surface area contributed by atoms with Crippen molar-refractivity contribution >= 4 is 5.97 Å². The fraction of sp³-hybridized carbons (Fsp3) is 0.812. The lowest BCUT2D eigenvalue weighted by molar-refractivity contribution is -0.166. The third kappa shape index (κ3) is 2.05. The molecule has 0 aromatic carbocycles. The highest BCUT2D eigenvalue weighted by Gasteiger charge is 2.62. The first-order chi connectivity index (χ1) is 10.0. The molecule has 21 heavy (non-hydrogen) atoms. The van der Waals surface area contributed by atoms with Crippen molar-refractivity contribution in [3.8, 4) is 0 Å². The van der Waals surface area contributed by atoms with Gasteiger partial charge in [-0.05, 0) is 26.7 Å². The first kappa shape index (κ1) is 13.7. The van der Waals surface area contributed by atoms with Crippen LogP contribution in [0.2, 0.25) is 0 Å². The molecule has 1 aliphatic carbocycles. The van der Waals surface area contributed by atoms with E-state index in [9.17, 15) is 4.79 Å². The standard InChI is InChI=1S/C16H22O5/c1-8-4-5-11-16(2,21-11)7-10-12-9(6-8)20-15(18-3)13(12)14(17)19-10/h6,9-13,15H,4-5,7H2,1-3H3/b8-6+/t9-,10+,11-,12-,13-,15-,16+/m1/s1. The van der Waals surface area contributed by atoms with Gasteiger partial charge in [0.25, 0.3) is 0 Å². The first-order valence-electron chi connectivity index (χ1n) is 7.76. The van der Waals surface area contributed by atoms with Crippen LogP contribution in [0, 0.1) is 11.8 Å². The second-order valence-corrected chi connectivity index (χ2v) is 6.96. The van der Waals surface area contributed by atoms with Crippen LogP contribution in [0.25, 0.3) is 0 Å². The minimum absolute atomic E-state index is 0.0391. The molecule has 5 nitrogen and oxygen atoms in total. The third-order valence-electron chi connectivity index (χ3n) is 5.47. The van der Waals surface area contributed by atoms with Crippen molar-refractivity contribution in [2.24, 2.45) is 11.8 Å². The summed E-state index contributed by atoms with van der Waals surface area (Å²) in [7, 11) is 1.58. The Morgan fingerprint density at radius 2 is 2.24 bits per heavy atom. The van der Waals surface area contributed by atoms with Gasteiger partial charge in [0, 0.05) is 19.4 Å². The van der Waals surface area contributed by atoms with Gasteiger partial charge in [0.2, 0.25) is 0 Å². The molecule has 3 heterocycles. The molecule has 3 fully saturated rings. The van der Waals surface area contributed by atoms with Gasteiger partial charge in [-0.3, -0.25) is 4.79 Å². The normalized spacial score (nSPS) is 54.2. The van der Waals surface area contributed by atoms with E-state index in [0.717, 1.165) is 19.3 Å². The zero-order valence-electron chi connectivity index (χ0n) is 12.7. The summed E-state index contributed by atoms with van der Waals surface area (Å²) in [4.78, 5) is 12.2. The summed E-state index contributed by atoms with van der Waals surface area (Å²) < 4.78 is 22.9. The maximum atomic E-state index is 12.2. The van der Waals surface area contributed by atoms with E-state index in [1.165, 1.54) is 5.57 Å². The molecule has 3 saturated heterocycles. The van der Waals surface area contributed by atoms with E-state index in [0.29, 0.717) is 0 Å². The predicted octanol–water partition coefficient (Wildman–Crippen LogP) is 1.80. The quantitative estimate of drug-likeness (QED) is 0.419. The average molecular weight is 294 g/mol. The van der Waals surface area contributed by atoms with Crippen LogP contribution in [-0.4, -0.2) is 43.3 Å². The van der Waals surface area contributed by atoms with Crippen LogP contribution >= 0.6 is 0 Å². The Labute approximate surface area is 124 Å². The number of hydrogen-bond donors (Lipinski definition) is 0. The number of esters is 1. The molecule has 116 valence electrons. The van der Waals surface area contributed by atoms with Gasteiger partial charge in [0.15, 0.2) is 6.29 Å². The largest absolute Gasteiger partial charge is 0.461 e. The second-order valence-electron chi connectivity index (χ2n) is 6.96. The molecule has 0 bridgehead atoms. The zero-order chi connectivity index (χ0) is 14.8. The number of carbonyl (C=O) groups excluding carboxylic acids is 1. The van der Waals surface area contributed by atoms with E-state index in [2.05, 4.69) is 19.9 Å². The van der Waals surface area contributed by atoms with Crippen molar-refractivity contribution in [2.45, 2.75) is 63.3 Å². The number of allylic oxidation sites excluding steroid dienone is 1. The van der Waals surface area contributed by atoms with Gasteiger partial charge in [0.1, 0.15) is 12.0 Å². The molecule has 5 heteroatoms. The number of ether oxygens (including phenoxy) is 4. The lowest BCUT2D eigenvalue weighted by Gasteiger charge is -2.23. The number of fused-ring (bicyclic) bond motifs is 1. The lowest BCUT2D eigenvalue weighted by Crippen LogP contribution is -2.32. The summed E-state index contributed by atoms with van der Waals surface area (Å²) in [5.41, 5.74) is 1.14. The number of epoxide rings is 1. The third-order valence-corrected chi connectivity index (χ3v) is 5.47. The van der Waals surface area contributed by atoms with Crippen molar-refractivity contribution in [3.05, 3.63) is 11.6 Å². The summed E-state index contributed by atoms with van der Waals surface area (Å²) >= 11 is 0. The summed E-state index contributed by atoms with van der Waals surface area (Å²) in [5, 5.41) is 0. The minimum Gasteiger partial charge on any atom is -0.461 e. The van der Waals surface area contributed by atoms with Crippen LogP contribution < -0.4 is 0 Å². The van der Waals surface area contributed by atoms with Crippen LogP contribution in [0.5, 0.6) is 0 Å². The van der Waals surface area contributed by atoms with E-state index >= 15 is 0 Å². The molecule has 3 aliphatic heterocycles. The fourth-order valence-corrected chi connectivity index (χ4v) is 4.22. The Morgan fingerprint density at radius 1 is 1.43 bits per heavy atom. The average Bonchev–Trinajstić information content (AvgIpc) is 2.78. The Hall–Kier alpha value is -0.910. The summed E-state index contributed by atoms with van der Waals surface area (Å²) in [6.45, 7) is 4.24. The molecule has 0 saturated carbocycles. The van der Waals surface area contributed by atoms with Gasteiger partial charge >= 0.3 is 5.97 Å². The maximum Gasteiger partial charge on any atom is 0.314 e. The fourth-order valence-electron chi connectivity index (χ4n) is 4.22. The monoisotopic (exact) mass is 294 g/mol. The van der Waals surface area contributed by atoms with Gasteiger partial charge in [-0.15, -0.1) is 0 Å². The molecule has 0 spiro atoms. The van der Waals surface area contributed by atoms with Crippen LogP contribution in [0.4, 0.5) is 0 Å². The number of carbonyl (C=O) groups is 1. The molecular formula is C16H22O5. The van der Waals surface area contributed by atoms with E-state index in [4.69, 9.17) is 18.9 Å². The number of hydrogen-bond acceptors (Lipinski definition) is 5. The molecule has 4 aliphatic rings. The van der Waals surface area contributed by atoms with Crippen molar-refractivity contribution in [1.29, 1.82) is 0 Å². The van der Waals surface area contributed by atoms with Gasteiger partial charge in [0.05, 0.1) is 17.8 Å². The minimum atomic E-state index is -0.494. The van der Waals surface area contributed by atoms with Crippen molar-refractivity contribution in [3.63, 3.8) is 0 Å². The van der Waals surface area contributed by atoms with Gasteiger partial charge in [-0.25, -0.2) is 0 Å². The van der Waals surface area contributed by atoms with Crippen LogP contribution in [0.1, 0.15) is 33.1 Å². The molecule has 0 radical (unpaired) electrons. The molecule has 0 unspecified atom stereocenters. The Balaban J connectivity index is 1.70. The molecule has 0 N–H and O–H groups in total. The summed E-state index contributed by atoms with van der Waals surface area (Å²) in [5.74, 6) is -0.461. The van der Waals surface area contributed by atoms with Crippen LogP contribution in [0.3, 0.4) is 0 Å². The molecule has 0 aromatic rings. The molecule has 0 amide bonds. The van der Waals surface area contributed by atoms with E-state index in [1.807, 2.05) is 0 Å². The molecule has 0 aromatic heterocycles. The Morgan fingerprint density at radius 3 is 3.00 bits per heavy atom. The Kier molecular flexibility index (Phi) is 2.97. The second kappa shape index (κ2) is 4.54. The summed E-state index contributed by atoms with van der Waals surface area (Å²) in [6, 6.07) is 0. The van der Waals surface area contributed by atoms with Crippen molar-refractivity contribution < 1.29 is 23.7 Å². The topological polar surface area (TPSA) is 57.3 Å². The van der Waals surface area contributed by atoms with Gasteiger partial charge in [-0.1, -0.05) is 11.6 Å². The molecule has 4 rings (SSSR count). The Bertz CT molecular complexity index is 501. The highest BCUT2D eigenvalue weighted by atomic mass is 16.7. The molecular weight excluding hydrogens is 272 g/mol. The smallest absolute Gasteiger partial charge is 0.314 e. The highest BCUT2D eigenvalue weighted by molar-refractivity contribution is 5.76. The maximum absolute atomic E-state index is 12.2. The summed E-state index contributed by atoms with van der Waals surface area (Å²) in [6.07, 6.45) is 4.49. The first-order valence-corrected chi connectivity index (χ1v) is 7.76. The van der Waals surface area contributed by atoms with Crippen molar-refractivity contribution in [1.82, 2.24) is 0 Å². The van der Waals surface area contributed by atoms with Gasteiger partial charge < -0.3 is 18.9 Å². The predicted molar refractivity (Wildman–Crippen MR) is 73.4 cm³/mol. The lowest BCUT2D eigenvalue weighted by atomic mass is 9.81. The van der Waals surface area contributed by atoms with E-state index in [-0.39, 0.29) is 41.7 Å². The number of rotatable bonds is 1. The molecule has 7 atom stereocenters. The van der Waals surface area contributed by atoms with Crippen LogP contribution in [-0.2, 0) is 23.7 Å².